The van der Waals surface area contributed by atoms with Crippen LogP contribution < -0.4 is 0 Å². The van der Waals surface area contributed by atoms with E-state index < -0.39 is 18.7 Å². The molecule has 1 aliphatic rings. The number of hydrogen-bond acceptors (Lipinski definition) is 4. The van der Waals surface area contributed by atoms with Crippen LogP contribution in [0.25, 0.3) is 0 Å². The summed E-state index contributed by atoms with van der Waals surface area (Å²) in [7, 11) is 0. The summed E-state index contributed by atoms with van der Waals surface area (Å²) in [4.78, 5) is 22.8. The molecule has 0 unspecified atom stereocenters. The van der Waals surface area contributed by atoms with E-state index in [1.165, 1.54) is 4.90 Å². The second-order valence-electron chi connectivity index (χ2n) is 3.17. The van der Waals surface area contributed by atoms with Crippen LogP contribution in [-0.4, -0.2) is 59.4 Å². The van der Waals surface area contributed by atoms with Crippen LogP contribution in [0, 0.1) is 0 Å². The molecular weight excluding hydrogens is 190 g/mol. The van der Waals surface area contributed by atoms with E-state index in [-0.39, 0.29) is 12.5 Å². The molecule has 6 nitrogen and oxygen atoms in total. The summed E-state index contributed by atoms with van der Waals surface area (Å²) >= 11 is 0. The summed E-state index contributed by atoms with van der Waals surface area (Å²) < 4.78 is 4.63. The number of carboxylic acids is 1. The lowest BCUT2D eigenvalue weighted by molar-refractivity contribution is -0.145. The molecule has 1 fully saturated rings. The monoisotopic (exact) mass is 203 g/mol. The Morgan fingerprint density at radius 3 is 2.64 bits per heavy atom. The van der Waals surface area contributed by atoms with Crippen molar-refractivity contribution in [2.24, 2.45) is 0 Å². The average molecular weight is 203 g/mol. The van der Waals surface area contributed by atoms with Crippen molar-refractivity contribution in [3.63, 3.8) is 0 Å². The van der Waals surface area contributed by atoms with Crippen molar-refractivity contribution in [3.05, 3.63) is 0 Å². The first-order chi connectivity index (χ1) is 6.59. The minimum atomic E-state index is -1.10. The van der Waals surface area contributed by atoms with Crippen LogP contribution in [0.3, 0.4) is 0 Å². The van der Waals surface area contributed by atoms with E-state index in [9.17, 15) is 9.59 Å². The SMILES string of the molecule is O=C(O)COCC(=O)N1CC[C@@H](O)C1. The van der Waals surface area contributed by atoms with Gasteiger partial charge in [0, 0.05) is 13.1 Å². The second kappa shape index (κ2) is 4.92. The van der Waals surface area contributed by atoms with E-state index in [1.807, 2.05) is 0 Å². The molecule has 0 radical (unpaired) electrons. The number of ether oxygens (including phenoxy) is 1. The summed E-state index contributed by atoms with van der Waals surface area (Å²) in [5.74, 6) is -1.37. The molecule has 0 aromatic heterocycles. The Labute approximate surface area is 81.1 Å². The Bertz CT molecular complexity index is 230. The predicted octanol–water partition coefficient (Wildman–Crippen LogP) is -1.32. The van der Waals surface area contributed by atoms with Gasteiger partial charge >= 0.3 is 5.97 Å². The molecule has 1 heterocycles. The fourth-order valence-corrected chi connectivity index (χ4v) is 1.29. The summed E-state index contributed by atoms with van der Waals surface area (Å²) in [6, 6.07) is 0. The number of carboxylic acid groups (broad SMARTS) is 1. The zero-order valence-corrected chi connectivity index (χ0v) is 7.68. The average Bonchev–Trinajstić information content (AvgIpc) is 2.51. The Morgan fingerprint density at radius 1 is 1.43 bits per heavy atom. The van der Waals surface area contributed by atoms with Gasteiger partial charge in [0.2, 0.25) is 5.91 Å². The number of aliphatic hydroxyl groups is 1. The highest BCUT2D eigenvalue weighted by Gasteiger charge is 2.24. The van der Waals surface area contributed by atoms with Gasteiger partial charge in [-0.1, -0.05) is 0 Å². The zero-order valence-electron chi connectivity index (χ0n) is 7.68. The zero-order chi connectivity index (χ0) is 10.6. The first-order valence-corrected chi connectivity index (χ1v) is 4.35. The molecule has 0 aromatic rings. The molecule has 1 aliphatic heterocycles. The quantitative estimate of drug-likeness (QED) is 0.591. The summed E-state index contributed by atoms with van der Waals surface area (Å²) in [5, 5.41) is 17.4. The Balaban J connectivity index is 2.18. The number of carbonyl (C=O) groups is 2. The van der Waals surface area contributed by atoms with Gasteiger partial charge < -0.3 is 19.8 Å². The number of amides is 1. The van der Waals surface area contributed by atoms with Crippen LogP contribution in [0.15, 0.2) is 0 Å². The van der Waals surface area contributed by atoms with Crippen molar-refractivity contribution in [2.45, 2.75) is 12.5 Å². The lowest BCUT2D eigenvalue weighted by Gasteiger charge is -2.14. The fourth-order valence-electron chi connectivity index (χ4n) is 1.29. The van der Waals surface area contributed by atoms with E-state index in [0.29, 0.717) is 19.5 Å². The van der Waals surface area contributed by atoms with Gasteiger partial charge in [0.05, 0.1) is 6.10 Å². The number of rotatable bonds is 4. The maximum Gasteiger partial charge on any atom is 0.329 e. The third kappa shape index (κ3) is 3.31. The van der Waals surface area contributed by atoms with E-state index in [0.717, 1.165) is 0 Å². The molecule has 1 saturated heterocycles. The van der Waals surface area contributed by atoms with Gasteiger partial charge in [-0.15, -0.1) is 0 Å². The van der Waals surface area contributed by atoms with Crippen LogP contribution >= 0.6 is 0 Å². The molecule has 1 atom stereocenters. The highest BCUT2D eigenvalue weighted by Crippen LogP contribution is 2.08. The van der Waals surface area contributed by atoms with Crippen LogP contribution in [-0.2, 0) is 14.3 Å². The van der Waals surface area contributed by atoms with Crippen LogP contribution in [0.4, 0.5) is 0 Å². The number of hydrogen-bond donors (Lipinski definition) is 2. The number of likely N-dealkylation sites (tertiary alicyclic amines) is 1. The molecule has 1 rings (SSSR count). The lowest BCUT2D eigenvalue weighted by Crippen LogP contribution is -2.33. The summed E-state index contributed by atoms with van der Waals surface area (Å²) in [5.41, 5.74) is 0. The van der Waals surface area contributed by atoms with Crippen LogP contribution in [0.1, 0.15) is 6.42 Å². The molecule has 80 valence electrons. The van der Waals surface area contributed by atoms with Gasteiger partial charge in [0.25, 0.3) is 0 Å². The summed E-state index contributed by atoms with van der Waals surface area (Å²) in [6.45, 7) is 0.118. The first-order valence-electron chi connectivity index (χ1n) is 4.35. The number of aliphatic carboxylic acids is 1. The number of β-amino-alcohol motifs (C(OH)–C–C–N with tert-alkyl or cyclic N) is 1. The van der Waals surface area contributed by atoms with Crippen LogP contribution in [0.2, 0.25) is 0 Å². The summed E-state index contributed by atoms with van der Waals surface area (Å²) in [6.07, 6.45) is 0.114. The van der Waals surface area contributed by atoms with E-state index in [1.54, 1.807) is 0 Å². The number of nitrogens with zero attached hydrogens (tertiary/aromatic N) is 1. The van der Waals surface area contributed by atoms with Gasteiger partial charge in [-0.3, -0.25) is 4.79 Å². The van der Waals surface area contributed by atoms with Crippen molar-refractivity contribution < 1.29 is 24.5 Å². The molecule has 6 heteroatoms. The van der Waals surface area contributed by atoms with E-state index in [4.69, 9.17) is 10.2 Å². The van der Waals surface area contributed by atoms with Gasteiger partial charge in [-0.2, -0.15) is 0 Å². The van der Waals surface area contributed by atoms with E-state index in [2.05, 4.69) is 4.74 Å². The van der Waals surface area contributed by atoms with Gasteiger partial charge in [0.15, 0.2) is 0 Å². The normalized spacial score (nSPS) is 21.2. The van der Waals surface area contributed by atoms with Gasteiger partial charge in [-0.25, -0.2) is 4.79 Å². The maximum atomic E-state index is 11.3. The van der Waals surface area contributed by atoms with Crippen molar-refractivity contribution in [3.8, 4) is 0 Å². The maximum absolute atomic E-state index is 11.3. The second-order valence-corrected chi connectivity index (χ2v) is 3.17. The fraction of sp³-hybridized carbons (Fsp3) is 0.750. The first kappa shape index (κ1) is 10.9. The molecule has 2 N–H and O–H groups in total. The molecular formula is C8H13NO5. The highest BCUT2D eigenvalue weighted by molar-refractivity contribution is 5.78. The molecule has 1 amide bonds. The Morgan fingerprint density at radius 2 is 2.14 bits per heavy atom. The van der Waals surface area contributed by atoms with Gasteiger partial charge in [-0.05, 0) is 6.42 Å². The smallest absolute Gasteiger partial charge is 0.329 e. The third-order valence-electron chi connectivity index (χ3n) is 1.97. The topological polar surface area (TPSA) is 87.1 Å². The standard InChI is InChI=1S/C8H13NO5/c10-6-1-2-9(3-6)7(11)4-14-5-8(12)13/h6,10H,1-5H2,(H,12,13)/t6-/m1/s1. The predicted molar refractivity (Wildman–Crippen MR) is 45.7 cm³/mol. The minimum Gasteiger partial charge on any atom is -0.480 e. The Hall–Kier alpha value is -1.14. The van der Waals surface area contributed by atoms with Crippen LogP contribution in [0.5, 0.6) is 0 Å². The molecule has 0 aromatic carbocycles. The minimum absolute atomic E-state index is 0.237. The number of aliphatic hydroxyl groups excluding tert-OH is 1. The van der Waals surface area contributed by atoms with E-state index >= 15 is 0 Å². The van der Waals surface area contributed by atoms with Crippen molar-refractivity contribution in [2.75, 3.05) is 26.3 Å². The van der Waals surface area contributed by atoms with Crippen molar-refractivity contribution in [1.29, 1.82) is 0 Å². The molecule has 0 saturated carbocycles. The Kier molecular flexibility index (Phi) is 3.84. The van der Waals surface area contributed by atoms with Crippen molar-refractivity contribution >= 4 is 11.9 Å². The van der Waals surface area contributed by atoms with Crippen molar-refractivity contribution in [1.82, 2.24) is 4.90 Å². The molecule has 14 heavy (non-hydrogen) atoms. The molecule has 0 bridgehead atoms. The third-order valence-corrected chi connectivity index (χ3v) is 1.97. The van der Waals surface area contributed by atoms with Gasteiger partial charge in [0.1, 0.15) is 13.2 Å². The lowest BCUT2D eigenvalue weighted by atomic mass is 10.3. The number of carbonyl (C=O) groups excluding carboxylic acids is 1. The highest BCUT2D eigenvalue weighted by atomic mass is 16.5. The molecule has 0 spiro atoms. The molecule has 0 aliphatic carbocycles. The largest absolute Gasteiger partial charge is 0.480 e.